The van der Waals surface area contributed by atoms with Gasteiger partial charge in [0.25, 0.3) is 0 Å². The number of hydrogen-bond acceptors (Lipinski definition) is 5. The summed E-state index contributed by atoms with van der Waals surface area (Å²) in [6, 6.07) is 3.23. The first-order chi connectivity index (χ1) is 12.7. The van der Waals surface area contributed by atoms with E-state index in [0.717, 1.165) is 12.1 Å². The van der Waals surface area contributed by atoms with Gasteiger partial charge in [0.15, 0.2) is 6.10 Å². The van der Waals surface area contributed by atoms with Crippen molar-refractivity contribution in [1.29, 1.82) is 0 Å². The van der Waals surface area contributed by atoms with E-state index in [1.54, 1.807) is 20.8 Å². The van der Waals surface area contributed by atoms with Gasteiger partial charge in [-0.15, -0.1) is 0 Å². The number of carbonyl (C=O) groups is 3. The van der Waals surface area contributed by atoms with Gasteiger partial charge in [-0.25, -0.2) is 14.0 Å². The summed E-state index contributed by atoms with van der Waals surface area (Å²) < 4.78 is 23.2. The number of benzene rings is 1. The van der Waals surface area contributed by atoms with Gasteiger partial charge in [-0.05, 0) is 51.5 Å². The Morgan fingerprint density at radius 2 is 1.89 bits per heavy atom. The number of H-pyrrole nitrogens is 1. The van der Waals surface area contributed by atoms with Crippen LogP contribution >= 0.6 is 11.6 Å². The number of ketones is 1. The number of carbonyl (C=O) groups excluding carboxylic acids is 3. The molecule has 0 fully saturated rings. The molecule has 0 bridgehead atoms. The molecule has 0 amide bonds. The molecule has 1 N–H and O–H groups in total. The molecule has 0 aliphatic carbocycles. The Bertz CT molecular complexity index is 906. The molecule has 6 nitrogen and oxygen atoms in total. The van der Waals surface area contributed by atoms with Crippen LogP contribution in [-0.2, 0) is 9.47 Å². The summed E-state index contributed by atoms with van der Waals surface area (Å²) in [4.78, 5) is 39.8. The minimum Gasteiger partial charge on any atom is -0.462 e. The Kier molecular flexibility index (Phi) is 6.38. The lowest BCUT2D eigenvalue weighted by Crippen LogP contribution is -2.25. The second-order valence-electron chi connectivity index (χ2n) is 5.88. The van der Waals surface area contributed by atoms with E-state index in [1.807, 2.05) is 0 Å². The third-order valence-corrected chi connectivity index (χ3v) is 4.28. The number of hydrogen-bond donors (Lipinski definition) is 1. The van der Waals surface area contributed by atoms with Gasteiger partial charge in [-0.2, -0.15) is 0 Å². The van der Waals surface area contributed by atoms with Gasteiger partial charge < -0.3 is 14.5 Å². The molecule has 2 aromatic rings. The topological polar surface area (TPSA) is 85.5 Å². The van der Waals surface area contributed by atoms with Crippen LogP contribution in [0.15, 0.2) is 18.2 Å². The summed E-state index contributed by atoms with van der Waals surface area (Å²) >= 11 is 5.83. The summed E-state index contributed by atoms with van der Waals surface area (Å²) in [6.45, 7) is 6.54. The van der Waals surface area contributed by atoms with Crippen LogP contribution in [0.2, 0.25) is 5.02 Å². The number of aromatic nitrogens is 1. The summed E-state index contributed by atoms with van der Waals surface area (Å²) in [6.07, 6.45) is -1.15. The zero-order valence-corrected chi connectivity index (χ0v) is 16.1. The lowest BCUT2D eigenvalue weighted by molar-refractivity contribution is 0.0316. The van der Waals surface area contributed by atoms with Crippen molar-refractivity contribution in [2.45, 2.75) is 33.8 Å². The standard InChI is InChI=1S/C19H19ClFNO5/c1-5-26-19(25)15-9(2)16(22-10(15)3)17(23)11(4)27-18(24)13-7-6-12(21)8-14(13)20/h6-8,11,22H,5H2,1-4H3/t11-/m1/s1. The van der Waals surface area contributed by atoms with Crippen LogP contribution in [0.1, 0.15) is 56.3 Å². The van der Waals surface area contributed by atoms with Gasteiger partial charge in [0, 0.05) is 5.69 Å². The van der Waals surface area contributed by atoms with Crippen molar-refractivity contribution in [3.63, 3.8) is 0 Å². The Morgan fingerprint density at radius 1 is 1.22 bits per heavy atom. The van der Waals surface area contributed by atoms with E-state index in [2.05, 4.69) is 4.98 Å². The first kappa shape index (κ1) is 20.6. The van der Waals surface area contributed by atoms with Crippen molar-refractivity contribution in [3.05, 3.63) is 57.1 Å². The molecule has 1 aromatic carbocycles. The molecule has 2 rings (SSSR count). The first-order valence-corrected chi connectivity index (χ1v) is 8.61. The Morgan fingerprint density at radius 3 is 2.48 bits per heavy atom. The van der Waals surface area contributed by atoms with Gasteiger partial charge in [0.2, 0.25) is 5.78 Å². The molecule has 144 valence electrons. The molecule has 1 heterocycles. The molecular formula is C19H19ClFNO5. The fourth-order valence-electron chi connectivity index (χ4n) is 2.64. The minimum absolute atomic E-state index is 0.0516. The lowest BCUT2D eigenvalue weighted by atomic mass is 10.1. The van der Waals surface area contributed by atoms with Crippen LogP contribution in [-0.4, -0.2) is 35.4 Å². The molecule has 0 aliphatic heterocycles. The second-order valence-corrected chi connectivity index (χ2v) is 6.29. The normalized spacial score (nSPS) is 11.8. The van der Waals surface area contributed by atoms with Crippen molar-refractivity contribution in [3.8, 4) is 0 Å². The average Bonchev–Trinajstić information content (AvgIpc) is 2.88. The highest BCUT2D eigenvalue weighted by Gasteiger charge is 2.28. The van der Waals surface area contributed by atoms with E-state index in [9.17, 15) is 18.8 Å². The van der Waals surface area contributed by atoms with Crippen molar-refractivity contribution in [1.82, 2.24) is 4.98 Å². The van der Waals surface area contributed by atoms with Gasteiger partial charge in [0.05, 0.1) is 28.5 Å². The third-order valence-electron chi connectivity index (χ3n) is 3.97. The number of rotatable bonds is 6. The summed E-state index contributed by atoms with van der Waals surface area (Å²) in [5.41, 5.74) is 1.28. The molecular weight excluding hydrogens is 377 g/mol. The first-order valence-electron chi connectivity index (χ1n) is 8.23. The molecule has 0 spiro atoms. The highest BCUT2D eigenvalue weighted by atomic mass is 35.5. The number of esters is 2. The van der Waals surface area contributed by atoms with E-state index in [-0.39, 0.29) is 28.5 Å². The van der Waals surface area contributed by atoms with Crippen LogP contribution in [0.3, 0.4) is 0 Å². The quantitative estimate of drug-likeness (QED) is 0.589. The molecule has 0 unspecified atom stereocenters. The number of aromatic amines is 1. The van der Waals surface area contributed by atoms with E-state index < -0.39 is 29.6 Å². The smallest absolute Gasteiger partial charge is 0.340 e. The highest BCUT2D eigenvalue weighted by molar-refractivity contribution is 6.33. The van der Waals surface area contributed by atoms with E-state index in [1.165, 1.54) is 13.0 Å². The minimum atomic E-state index is -1.15. The van der Waals surface area contributed by atoms with Crippen LogP contribution in [0.5, 0.6) is 0 Å². The van der Waals surface area contributed by atoms with Crippen molar-refractivity contribution < 1.29 is 28.2 Å². The summed E-state index contributed by atoms with van der Waals surface area (Å²) in [5, 5.41) is -0.115. The second kappa shape index (κ2) is 8.35. The molecule has 0 saturated carbocycles. The monoisotopic (exact) mass is 395 g/mol. The van der Waals surface area contributed by atoms with Gasteiger partial charge >= 0.3 is 11.9 Å². The molecule has 1 atom stereocenters. The lowest BCUT2D eigenvalue weighted by Gasteiger charge is -2.13. The molecule has 8 heteroatoms. The van der Waals surface area contributed by atoms with Gasteiger partial charge in [0.1, 0.15) is 5.82 Å². The maximum absolute atomic E-state index is 13.1. The average molecular weight is 396 g/mol. The number of aryl methyl sites for hydroxylation is 1. The third kappa shape index (κ3) is 4.36. The molecule has 1 aromatic heterocycles. The Labute approximate surface area is 160 Å². The fraction of sp³-hybridized carbons (Fsp3) is 0.316. The number of Topliss-reactive ketones (excluding diaryl/α,β-unsaturated/α-hetero) is 1. The number of ether oxygens (including phenoxy) is 2. The molecule has 0 aliphatic rings. The predicted molar refractivity (Wildman–Crippen MR) is 96.8 cm³/mol. The maximum Gasteiger partial charge on any atom is 0.340 e. The summed E-state index contributed by atoms with van der Waals surface area (Å²) in [5.74, 6) is -2.50. The van der Waals surface area contributed by atoms with E-state index in [4.69, 9.17) is 21.1 Å². The Balaban J connectivity index is 2.21. The van der Waals surface area contributed by atoms with Gasteiger partial charge in [-0.1, -0.05) is 11.6 Å². The van der Waals surface area contributed by atoms with Crippen molar-refractivity contribution in [2.75, 3.05) is 6.61 Å². The Hall–Kier alpha value is -2.67. The van der Waals surface area contributed by atoms with Crippen LogP contribution in [0.25, 0.3) is 0 Å². The number of halogens is 2. The number of nitrogens with one attached hydrogen (secondary N) is 1. The van der Waals surface area contributed by atoms with E-state index in [0.29, 0.717) is 11.3 Å². The largest absolute Gasteiger partial charge is 0.462 e. The molecule has 0 saturated heterocycles. The predicted octanol–water partition coefficient (Wildman–Crippen LogP) is 4.03. The highest BCUT2D eigenvalue weighted by Crippen LogP contribution is 2.22. The SMILES string of the molecule is CCOC(=O)c1c(C)[nH]c(C(=O)[C@@H](C)OC(=O)c2ccc(F)cc2Cl)c1C. The van der Waals surface area contributed by atoms with E-state index >= 15 is 0 Å². The van der Waals surface area contributed by atoms with Crippen molar-refractivity contribution in [2.24, 2.45) is 0 Å². The van der Waals surface area contributed by atoms with Gasteiger partial charge in [-0.3, -0.25) is 4.79 Å². The zero-order chi connectivity index (χ0) is 20.3. The maximum atomic E-state index is 13.1. The van der Waals surface area contributed by atoms with Crippen molar-refractivity contribution >= 4 is 29.3 Å². The van der Waals surface area contributed by atoms with Crippen LogP contribution in [0.4, 0.5) is 4.39 Å². The summed E-state index contributed by atoms with van der Waals surface area (Å²) in [7, 11) is 0. The van der Waals surface area contributed by atoms with Crippen LogP contribution in [0, 0.1) is 19.7 Å². The fourth-order valence-corrected chi connectivity index (χ4v) is 2.89. The zero-order valence-electron chi connectivity index (χ0n) is 15.3. The van der Waals surface area contributed by atoms with Crippen LogP contribution < -0.4 is 0 Å². The molecule has 0 radical (unpaired) electrons. The molecule has 27 heavy (non-hydrogen) atoms.